The van der Waals surface area contributed by atoms with Gasteiger partial charge in [-0.1, -0.05) is 41.5 Å². The summed E-state index contributed by atoms with van der Waals surface area (Å²) in [5.41, 5.74) is 5.88. The third-order valence-electron chi connectivity index (χ3n) is 2.99. The molecule has 1 saturated heterocycles. The Kier molecular flexibility index (Phi) is 13.8. The highest BCUT2D eigenvalue weighted by molar-refractivity contribution is 5.85. The van der Waals surface area contributed by atoms with E-state index in [9.17, 15) is 4.79 Å². The van der Waals surface area contributed by atoms with E-state index in [1.807, 2.05) is 41.5 Å². The summed E-state index contributed by atoms with van der Waals surface area (Å²) in [7, 11) is 2.12. The van der Waals surface area contributed by atoms with Crippen LogP contribution >= 0.6 is 0 Å². The van der Waals surface area contributed by atoms with Crippen LogP contribution in [0.5, 0.6) is 0 Å². The van der Waals surface area contributed by atoms with E-state index in [1.165, 1.54) is 0 Å². The minimum Gasteiger partial charge on any atom is -0.320 e. The summed E-state index contributed by atoms with van der Waals surface area (Å²) in [6, 6.07) is -0.312. The van der Waals surface area contributed by atoms with Crippen molar-refractivity contribution in [1.82, 2.24) is 9.80 Å². The third-order valence-corrected chi connectivity index (χ3v) is 2.99. The number of rotatable bonds is 4. The predicted molar refractivity (Wildman–Crippen MR) is 84.5 cm³/mol. The molecule has 0 saturated carbocycles. The first-order valence-corrected chi connectivity index (χ1v) is 7.71. The number of carbonyl (C=O) groups excluding carboxylic acids is 1. The van der Waals surface area contributed by atoms with Crippen molar-refractivity contribution < 1.29 is 4.79 Å². The molecule has 1 aliphatic heterocycles. The molecule has 0 aliphatic carbocycles. The molecule has 1 fully saturated rings. The maximum absolute atomic E-state index is 11.6. The van der Waals surface area contributed by atoms with E-state index in [2.05, 4.69) is 16.8 Å². The SMILES string of the molecule is CC.CC.CC(C)C(=O)C(N)CN1CCN(C)CC1. The average molecular weight is 273 g/mol. The standard InChI is InChI=1S/C11H23N3O.2C2H6/c1-9(2)11(15)10(12)8-14-6-4-13(3)5-7-14;2*1-2/h9-10H,4-8,12H2,1-3H3;2*1-2H3. The van der Waals surface area contributed by atoms with E-state index >= 15 is 0 Å². The van der Waals surface area contributed by atoms with Gasteiger partial charge in [-0.15, -0.1) is 0 Å². The quantitative estimate of drug-likeness (QED) is 0.849. The second kappa shape index (κ2) is 12.6. The van der Waals surface area contributed by atoms with Crippen molar-refractivity contribution in [3.63, 3.8) is 0 Å². The van der Waals surface area contributed by atoms with E-state index in [1.54, 1.807) is 0 Å². The van der Waals surface area contributed by atoms with Gasteiger partial charge in [0, 0.05) is 38.6 Å². The van der Waals surface area contributed by atoms with Gasteiger partial charge in [-0.3, -0.25) is 9.69 Å². The number of nitrogens with two attached hydrogens (primary N) is 1. The monoisotopic (exact) mass is 273 g/mol. The van der Waals surface area contributed by atoms with Crippen LogP contribution in [0.1, 0.15) is 41.5 Å². The van der Waals surface area contributed by atoms with E-state index < -0.39 is 0 Å². The molecule has 1 heterocycles. The zero-order valence-corrected chi connectivity index (χ0v) is 14.1. The molecule has 19 heavy (non-hydrogen) atoms. The molecule has 0 aromatic rings. The molecule has 1 atom stereocenters. The smallest absolute Gasteiger partial charge is 0.153 e. The van der Waals surface area contributed by atoms with E-state index in [4.69, 9.17) is 5.73 Å². The van der Waals surface area contributed by atoms with Crippen LogP contribution < -0.4 is 5.73 Å². The number of carbonyl (C=O) groups is 1. The van der Waals surface area contributed by atoms with Crippen molar-refractivity contribution in [3.8, 4) is 0 Å². The fraction of sp³-hybridized carbons (Fsp3) is 0.933. The fourth-order valence-electron chi connectivity index (χ4n) is 1.83. The van der Waals surface area contributed by atoms with Gasteiger partial charge in [-0.25, -0.2) is 0 Å². The minimum atomic E-state index is -0.312. The zero-order chi connectivity index (χ0) is 15.4. The molecule has 0 radical (unpaired) electrons. The van der Waals surface area contributed by atoms with E-state index in [-0.39, 0.29) is 17.7 Å². The van der Waals surface area contributed by atoms with Crippen molar-refractivity contribution in [1.29, 1.82) is 0 Å². The highest BCUT2D eigenvalue weighted by Gasteiger charge is 2.21. The van der Waals surface area contributed by atoms with Gasteiger partial charge in [0.25, 0.3) is 0 Å². The maximum Gasteiger partial charge on any atom is 0.153 e. The Hall–Kier alpha value is -0.450. The van der Waals surface area contributed by atoms with Crippen LogP contribution in [-0.2, 0) is 4.79 Å². The summed E-state index contributed by atoms with van der Waals surface area (Å²) in [6.07, 6.45) is 0. The molecule has 0 aromatic heterocycles. The summed E-state index contributed by atoms with van der Waals surface area (Å²) in [4.78, 5) is 16.2. The largest absolute Gasteiger partial charge is 0.320 e. The number of likely N-dealkylation sites (N-methyl/N-ethyl adjacent to an activating group) is 1. The Bertz CT molecular complexity index is 211. The molecule has 0 aromatic carbocycles. The topological polar surface area (TPSA) is 49.6 Å². The van der Waals surface area contributed by atoms with Crippen molar-refractivity contribution in [3.05, 3.63) is 0 Å². The molecule has 1 rings (SSSR count). The van der Waals surface area contributed by atoms with Crippen LogP contribution in [0.15, 0.2) is 0 Å². The highest BCUT2D eigenvalue weighted by Crippen LogP contribution is 2.03. The van der Waals surface area contributed by atoms with Gasteiger partial charge in [-0.05, 0) is 7.05 Å². The molecule has 2 N–H and O–H groups in total. The van der Waals surface area contributed by atoms with E-state index in [0.29, 0.717) is 6.54 Å². The first kappa shape index (κ1) is 20.9. The summed E-state index contributed by atoms with van der Waals surface area (Å²) < 4.78 is 0. The molecular weight excluding hydrogens is 238 g/mol. The Morgan fingerprint density at radius 3 is 1.84 bits per heavy atom. The van der Waals surface area contributed by atoms with Crippen molar-refractivity contribution in [2.45, 2.75) is 47.6 Å². The first-order chi connectivity index (χ1) is 9.00. The lowest BCUT2D eigenvalue weighted by Gasteiger charge is -2.33. The second-order valence-electron chi connectivity index (χ2n) is 4.77. The van der Waals surface area contributed by atoms with Gasteiger partial charge in [-0.2, -0.15) is 0 Å². The summed E-state index contributed by atoms with van der Waals surface area (Å²) in [5.74, 6) is 0.224. The molecule has 4 nitrogen and oxygen atoms in total. The number of hydrogen-bond acceptors (Lipinski definition) is 4. The Labute approximate surface area is 120 Å². The molecular formula is C15H35N3O. The van der Waals surface area contributed by atoms with Crippen LogP contribution in [0, 0.1) is 5.92 Å². The second-order valence-corrected chi connectivity index (χ2v) is 4.77. The Morgan fingerprint density at radius 2 is 1.47 bits per heavy atom. The normalized spacial score (nSPS) is 17.9. The van der Waals surface area contributed by atoms with Gasteiger partial charge < -0.3 is 10.6 Å². The van der Waals surface area contributed by atoms with Crippen LogP contribution in [0.3, 0.4) is 0 Å². The fourth-order valence-corrected chi connectivity index (χ4v) is 1.83. The lowest BCUT2D eigenvalue weighted by atomic mass is 10.0. The van der Waals surface area contributed by atoms with Crippen molar-refractivity contribution >= 4 is 5.78 Å². The zero-order valence-electron chi connectivity index (χ0n) is 14.1. The Morgan fingerprint density at radius 1 is 1.05 bits per heavy atom. The molecule has 0 amide bonds. The van der Waals surface area contributed by atoms with E-state index in [0.717, 1.165) is 26.2 Å². The summed E-state index contributed by atoms with van der Waals surface area (Å²) >= 11 is 0. The van der Waals surface area contributed by atoms with Crippen LogP contribution in [0.2, 0.25) is 0 Å². The predicted octanol–water partition coefficient (Wildman–Crippen LogP) is 1.84. The number of Topliss-reactive ketones (excluding diaryl/α,β-unsaturated/α-hetero) is 1. The molecule has 1 unspecified atom stereocenters. The average Bonchev–Trinajstić information content (AvgIpc) is 2.44. The van der Waals surface area contributed by atoms with Gasteiger partial charge in [0.05, 0.1) is 6.04 Å². The number of piperazine rings is 1. The lowest BCUT2D eigenvalue weighted by Crippen LogP contribution is -2.51. The van der Waals surface area contributed by atoms with Crippen molar-refractivity contribution in [2.24, 2.45) is 11.7 Å². The minimum absolute atomic E-state index is 0.0486. The van der Waals surface area contributed by atoms with Gasteiger partial charge in [0.1, 0.15) is 0 Å². The molecule has 116 valence electrons. The Balaban J connectivity index is 0. The summed E-state index contributed by atoms with van der Waals surface area (Å²) in [5, 5.41) is 0. The number of nitrogens with zero attached hydrogens (tertiary/aromatic N) is 2. The van der Waals surface area contributed by atoms with Crippen LogP contribution in [-0.4, -0.2) is 61.4 Å². The van der Waals surface area contributed by atoms with Gasteiger partial charge in [0.2, 0.25) is 0 Å². The first-order valence-electron chi connectivity index (χ1n) is 7.71. The maximum atomic E-state index is 11.6. The van der Waals surface area contributed by atoms with Gasteiger partial charge in [0.15, 0.2) is 5.78 Å². The van der Waals surface area contributed by atoms with Crippen molar-refractivity contribution in [2.75, 3.05) is 39.8 Å². The van der Waals surface area contributed by atoms with Gasteiger partial charge >= 0.3 is 0 Å². The van der Waals surface area contributed by atoms with Crippen LogP contribution in [0.4, 0.5) is 0 Å². The number of ketones is 1. The highest BCUT2D eigenvalue weighted by atomic mass is 16.1. The summed E-state index contributed by atoms with van der Waals surface area (Å²) in [6.45, 7) is 16.7. The lowest BCUT2D eigenvalue weighted by molar-refractivity contribution is -0.123. The third kappa shape index (κ3) is 9.14. The molecule has 0 bridgehead atoms. The molecule has 4 heteroatoms. The number of hydrogen-bond donors (Lipinski definition) is 1. The van der Waals surface area contributed by atoms with Crippen LogP contribution in [0.25, 0.3) is 0 Å². The molecule has 0 spiro atoms. The molecule has 1 aliphatic rings.